The average Bonchev–Trinajstić information content (AvgIpc) is 2.82. The van der Waals surface area contributed by atoms with E-state index >= 15 is 0 Å². The molecule has 7 nitrogen and oxygen atoms in total. The minimum atomic E-state index is -0.447. The second-order valence-electron chi connectivity index (χ2n) is 7.35. The van der Waals surface area contributed by atoms with Crippen LogP contribution in [0, 0.1) is 0 Å². The van der Waals surface area contributed by atoms with Gasteiger partial charge in [-0.2, -0.15) is 0 Å². The van der Waals surface area contributed by atoms with E-state index in [0.717, 1.165) is 48.4 Å². The van der Waals surface area contributed by atoms with Gasteiger partial charge in [0.05, 0.1) is 31.2 Å². The predicted octanol–water partition coefficient (Wildman–Crippen LogP) is 4.04. The average molecular weight is 502 g/mol. The standard InChI is InChI=1S/C24H28BrN3O4/c1-4-27-11-13-28(14-12-27)21-8-5-18(24(30)32-3)16-20(21)26-23(29)10-6-17-15-19(25)7-9-22(17)31-2/h5-10,15-16H,4,11-14H2,1-3H3,(H,26,29). The van der Waals surface area contributed by atoms with Gasteiger partial charge in [0, 0.05) is 42.3 Å². The molecule has 0 unspecified atom stereocenters. The van der Waals surface area contributed by atoms with Crippen molar-refractivity contribution in [3.05, 3.63) is 58.1 Å². The largest absolute Gasteiger partial charge is 0.496 e. The SMILES string of the molecule is CCN1CCN(c2ccc(C(=O)OC)cc2NC(=O)C=Cc2cc(Br)ccc2OC)CC1. The van der Waals surface area contributed by atoms with Gasteiger partial charge in [0.15, 0.2) is 0 Å². The Balaban J connectivity index is 1.84. The van der Waals surface area contributed by atoms with E-state index in [-0.39, 0.29) is 5.91 Å². The number of amides is 1. The van der Waals surface area contributed by atoms with Crippen LogP contribution in [0.5, 0.6) is 5.75 Å². The van der Waals surface area contributed by atoms with Crippen LogP contribution in [0.25, 0.3) is 6.08 Å². The van der Waals surface area contributed by atoms with E-state index < -0.39 is 5.97 Å². The summed E-state index contributed by atoms with van der Waals surface area (Å²) >= 11 is 3.43. The van der Waals surface area contributed by atoms with E-state index in [0.29, 0.717) is 17.0 Å². The molecule has 1 aliphatic rings. The molecule has 32 heavy (non-hydrogen) atoms. The summed E-state index contributed by atoms with van der Waals surface area (Å²) in [6.07, 6.45) is 3.15. The van der Waals surface area contributed by atoms with Crippen molar-refractivity contribution in [2.45, 2.75) is 6.92 Å². The Morgan fingerprint density at radius 3 is 2.50 bits per heavy atom. The highest BCUT2D eigenvalue weighted by Gasteiger charge is 2.20. The lowest BCUT2D eigenvalue weighted by atomic mass is 10.1. The number of piperazine rings is 1. The van der Waals surface area contributed by atoms with Gasteiger partial charge in [0.2, 0.25) is 5.91 Å². The first-order valence-corrected chi connectivity index (χ1v) is 11.3. The molecule has 1 heterocycles. The Morgan fingerprint density at radius 1 is 1.09 bits per heavy atom. The first-order valence-electron chi connectivity index (χ1n) is 10.5. The van der Waals surface area contributed by atoms with E-state index in [1.54, 1.807) is 25.3 Å². The van der Waals surface area contributed by atoms with Crippen molar-refractivity contribution in [2.24, 2.45) is 0 Å². The molecule has 1 aliphatic heterocycles. The molecule has 3 rings (SSSR count). The predicted molar refractivity (Wildman–Crippen MR) is 130 cm³/mol. The molecular formula is C24H28BrN3O4. The molecule has 0 radical (unpaired) electrons. The van der Waals surface area contributed by atoms with Crippen molar-refractivity contribution in [3.63, 3.8) is 0 Å². The van der Waals surface area contributed by atoms with Crippen LogP contribution in [0.1, 0.15) is 22.8 Å². The Hall–Kier alpha value is -2.84. The van der Waals surface area contributed by atoms with Gasteiger partial charge >= 0.3 is 5.97 Å². The number of likely N-dealkylation sites (N-methyl/N-ethyl adjacent to an activating group) is 1. The molecular weight excluding hydrogens is 474 g/mol. The molecule has 0 saturated carbocycles. The lowest BCUT2D eigenvalue weighted by molar-refractivity contribution is -0.111. The summed E-state index contributed by atoms with van der Waals surface area (Å²) in [6, 6.07) is 10.8. The first-order chi connectivity index (χ1) is 15.4. The molecule has 8 heteroatoms. The normalized spacial score (nSPS) is 14.4. The van der Waals surface area contributed by atoms with E-state index in [9.17, 15) is 9.59 Å². The summed E-state index contributed by atoms with van der Waals surface area (Å²) in [5.74, 6) is -0.0841. The number of nitrogens with one attached hydrogen (secondary N) is 1. The summed E-state index contributed by atoms with van der Waals surface area (Å²) in [6.45, 7) is 6.76. The molecule has 0 atom stereocenters. The number of rotatable bonds is 7. The van der Waals surface area contributed by atoms with Crippen LogP contribution in [-0.2, 0) is 9.53 Å². The molecule has 1 saturated heterocycles. The summed E-state index contributed by atoms with van der Waals surface area (Å²) in [7, 11) is 2.93. The zero-order valence-electron chi connectivity index (χ0n) is 18.6. The van der Waals surface area contributed by atoms with Gasteiger partial charge in [0.1, 0.15) is 5.75 Å². The van der Waals surface area contributed by atoms with Gasteiger partial charge in [0.25, 0.3) is 0 Å². The summed E-state index contributed by atoms with van der Waals surface area (Å²) in [5, 5.41) is 2.93. The lowest BCUT2D eigenvalue weighted by Crippen LogP contribution is -2.46. The monoisotopic (exact) mass is 501 g/mol. The van der Waals surface area contributed by atoms with Gasteiger partial charge in [-0.3, -0.25) is 4.79 Å². The van der Waals surface area contributed by atoms with E-state index in [1.807, 2.05) is 24.3 Å². The minimum absolute atomic E-state index is 0.303. The first kappa shape index (κ1) is 23.8. The lowest BCUT2D eigenvalue weighted by Gasteiger charge is -2.36. The molecule has 0 bridgehead atoms. The third-order valence-corrected chi connectivity index (χ3v) is 5.93. The Morgan fingerprint density at radius 2 is 1.84 bits per heavy atom. The maximum Gasteiger partial charge on any atom is 0.337 e. The van der Waals surface area contributed by atoms with E-state index in [2.05, 4.69) is 38.0 Å². The topological polar surface area (TPSA) is 71.1 Å². The molecule has 1 fully saturated rings. The highest BCUT2D eigenvalue weighted by Crippen LogP contribution is 2.29. The van der Waals surface area contributed by atoms with Crippen LogP contribution in [0.4, 0.5) is 11.4 Å². The third-order valence-electron chi connectivity index (χ3n) is 5.44. The number of esters is 1. The summed E-state index contributed by atoms with van der Waals surface area (Å²) in [4.78, 5) is 29.4. The van der Waals surface area contributed by atoms with Crippen molar-refractivity contribution < 1.29 is 19.1 Å². The number of halogens is 1. The number of carbonyl (C=O) groups excluding carboxylic acids is 2. The fourth-order valence-electron chi connectivity index (χ4n) is 3.64. The second-order valence-corrected chi connectivity index (χ2v) is 8.27. The van der Waals surface area contributed by atoms with Gasteiger partial charge in [-0.1, -0.05) is 22.9 Å². The quantitative estimate of drug-likeness (QED) is 0.456. The van der Waals surface area contributed by atoms with Crippen molar-refractivity contribution in [1.29, 1.82) is 0 Å². The molecule has 1 amide bonds. The van der Waals surface area contributed by atoms with Crippen molar-refractivity contribution in [3.8, 4) is 5.75 Å². The number of ether oxygens (including phenoxy) is 2. The number of benzene rings is 2. The van der Waals surface area contributed by atoms with Crippen molar-refractivity contribution in [2.75, 3.05) is 57.2 Å². The molecule has 2 aromatic carbocycles. The van der Waals surface area contributed by atoms with Crippen LogP contribution in [0.15, 0.2) is 46.9 Å². The van der Waals surface area contributed by atoms with Gasteiger partial charge < -0.3 is 24.6 Å². The number of hydrogen-bond acceptors (Lipinski definition) is 6. The highest BCUT2D eigenvalue weighted by atomic mass is 79.9. The Bertz CT molecular complexity index is 1000. The number of carbonyl (C=O) groups is 2. The minimum Gasteiger partial charge on any atom is -0.496 e. The number of nitrogens with zero attached hydrogens (tertiary/aromatic N) is 2. The Kier molecular flexibility index (Phi) is 8.30. The molecule has 0 spiro atoms. The van der Waals surface area contributed by atoms with Crippen molar-refractivity contribution >= 4 is 45.3 Å². The fourth-order valence-corrected chi connectivity index (χ4v) is 4.02. The Labute approximate surface area is 197 Å². The molecule has 0 aromatic heterocycles. The smallest absolute Gasteiger partial charge is 0.337 e. The zero-order valence-corrected chi connectivity index (χ0v) is 20.1. The fraction of sp³-hybridized carbons (Fsp3) is 0.333. The third kappa shape index (κ3) is 5.89. The van der Waals surface area contributed by atoms with E-state index in [4.69, 9.17) is 9.47 Å². The molecule has 170 valence electrons. The van der Waals surface area contributed by atoms with Gasteiger partial charge in [-0.25, -0.2) is 4.79 Å². The zero-order chi connectivity index (χ0) is 23.1. The summed E-state index contributed by atoms with van der Waals surface area (Å²) in [5.41, 5.74) is 2.62. The maximum absolute atomic E-state index is 12.8. The number of hydrogen-bond donors (Lipinski definition) is 1. The summed E-state index contributed by atoms with van der Waals surface area (Å²) < 4.78 is 11.1. The van der Waals surface area contributed by atoms with Crippen LogP contribution in [-0.4, -0.2) is 63.7 Å². The van der Waals surface area contributed by atoms with Crippen LogP contribution >= 0.6 is 15.9 Å². The van der Waals surface area contributed by atoms with E-state index in [1.165, 1.54) is 13.2 Å². The van der Waals surface area contributed by atoms with Gasteiger partial charge in [-0.15, -0.1) is 0 Å². The number of methoxy groups -OCH3 is 2. The van der Waals surface area contributed by atoms with Crippen LogP contribution in [0.3, 0.4) is 0 Å². The molecule has 2 aromatic rings. The number of anilines is 2. The van der Waals surface area contributed by atoms with Crippen LogP contribution < -0.4 is 15.0 Å². The van der Waals surface area contributed by atoms with Gasteiger partial charge in [-0.05, 0) is 49.0 Å². The van der Waals surface area contributed by atoms with Crippen LogP contribution in [0.2, 0.25) is 0 Å². The molecule has 0 aliphatic carbocycles. The van der Waals surface area contributed by atoms with Crippen molar-refractivity contribution in [1.82, 2.24) is 4.90 Å². The second kappa shape index (κ2) is 11.2. The highest BCUT2D eigenvalue weighted by molar-refractivity contribution is 9.10. The molecule has 1 N–H and O–H groups in total. The maximum atomic E-state index is 12.8.